The van der Waals surface area contributed by atoms with Crippen LogP contribution in [0.2, 0.25) is 0 Å². The molecule has 2 atom stereocenters. The zero-order valence-corrected chi connectivity index (χ0v) is 16.4. The van der Waals surface area contributed by atoms with Crippen LogP contribution in [0.1, 0.15) is 86.2 Å². The Kier molecular flexibility index (Phi) is 5.38. The Morgan fingerprint density at radius 2 is 1.89 bits per heavy atom. The van der Waals surface area contributed by atoms with E-state index in [1.165, 1.54) is 0 Å². The highest BCUT2D eigenvalue weighted by Crippen LogP contribution is 2.49. The lowest BCUT2D eigenvalue weighted by molar-refractivity contribution is -0.120. The van der Waals surface area contributed by atoms with Crippen molar-refractivity contribution in [1.82, 2.24) is 0 Å². The Hall–Kier alpha value is -2.36. The van der Waals surface area contributed by atoms with Gasteiger partial charge in [0.05, 0.1) is 11.5 Å². The van der Waals surface area contributed by atoms with Crippen LogP contribution in [0.4, 0.5) is 0 Å². The minimum Gasteiger partial charge on any atom is -0.507 e. The van der Waals surface area contributed by atoms with Crippen molar-refractivity contribution in [2.75, 3.05) is 0 Å². The van der Waals surface area contributed by atoms with E-state index in [1.807, 2.05) is 37.3 Å². The number of carbonyl (C=O) groups excluding carboxylic acids is 1. The maximum absolute atomic E-state index is 13.1. The van der Waals surface area contributed by atoms with E-state index in [1.54, 1.807) is 0 Å². The van der Waals surface area contributed by atoms with Gasteiger partial charge in [-0.2, -0.15) is 0 Å². The molecule has 148 valence electrons. The van der Waals surface area contributed by atoms with Crippen molar-refractivity contribution < 1.29 is 14.3 Å². The summed E-state index contributed by atoms with van der Waals surface area (Å²) in [4.78, 5) is 25.6. The van der Waals surface area contributed by atoms with Crippen LogP contribution in [-0.2, 0) is 11.2 Å². The SMILES string of the molecule is CCC(=O)C1CCCCCc2c1oc(=O)c(C(c1ccccc1)C1CC1)c2O. The summed E-state index contributed by atoms with van der Waals surface area (Å²) in [6.07, 6.45) is 6.73. The monoisotopic (exact) mass is 380 g/mol. The quantitative estimate of drug-likeness (QED) is 0.787. The molecular formula is C24H28O4. The number of Topliss-reactive ketones (excluding diaryl/α,β-unsaturated/α-hetero) is 1. The highest BCUT2D eigenvalue weighted by atomic mass is 16.4. The van der Waals surface area contributed by atoms with Gasteiger partial charge in [-0.1, -0.05) is 50.1 Å². The Morgan fingerprint density at radius 3 is 2.57 bits per heavy atom. The van der Waals surface area contributed by atoms with E-state index in [2.05, 4.69) is 0 Å². The van der Waals surface area contributed by atoms with E-state index in [0.29, 0.717) is 42.1 Å². The van der Waals surface area contributed by atoms with Crippen molar-refractivity contribution >= 4 is 5.78 Å². The van der Waals surface area contributed by atoms with E-state index < -0.39 is 11.5 Å². The van der Waals surface area contributed by atoms with Crippen LogP contribution in [0.3, 0.4) is 0 Å². The third-order valence-corrected chi connectivity index (χ3v) is 6.30. The second-order valence-electron chi connectivity index (χ2n) is 8.19. The van der Waals surface area contributed by atoms with Gasteiger partial charge in [-0.15, -0.1) is 0 Å². The summed E-state index contributed by atoms with van der Waals surface area (Å²) in [5.41, 5.74) is 1.63. The molecule has 0 bridgehead atoms. The van der Waals surface area contributed by atoms with Crippen LogP contribution in [0.25, 0.3) is 0 Å². The zero-order valence-electron chi connectivity index (χ0n) is 16.4. The van der Waals surface area contributed by atoms with Gasteiger partial charge >= 0.3 is 5.63 Å². The Bertz CT molecular complexity index is 908. The van der Waals surface area contributed by atoms with Gasteiger partial charge < -0.3 is 9.52 Å². The number of ketones is 1. The van der Waals surface area contributed by atoms with Crippen LogP contribution in [0.15, 0.2) is 39.5 Å². The first kappa shape index (κ1) is 19.0. The summed E-state index contributed by atoms with van der Waals surface area (Å²) in [6, 6.07) is 9.92. The number of hydrogen-bond donors (Lipinski definition) is 1. The average molecular weight is 380 g/mol. The van der Waals surface area contributed by atoms with Gasteiger partial charge in [0.25, 0.3) is 0 Å². The molecule has 4 nitrogen and oxygen atoms in total. The molecule has 4 heteroatoms. The topological polar surface area (TPSA) is 67.5 Å². The highest BCUT2D eigenvalue weighted by Gasteiger charge is 2.39. The number of rotatable bonds is 5. The number of carbonyl (C=O) groups is 1. The van der Waals surface area contributed by atoms with Crippen LogP contribution in [0, 0.1) is 5.92 Å². The largest absolute Gasteiger partial charge is 0.507 e. The van der Waals surface area contributed by atoms with Crippen molar-refractivity contribution in [2.24, 2.45) is 5.92 Å². The Labute approximate surface area is 165 Å². The predicted octanol–water partition coefficient (Wildman–Crippen LogP) is 5.07. The van der Waals surface area contributed by atoms with Crippen molar-refractivity contribution in [1.29, 1.82) is 0 Å². The second-order valence-corrected chi connectivity index (χ2v) is 8.19. The molecule has 0 saturated heterocycles. The molecule has 28 heavy (non-hydrogen) atoms. The lowest BCUT2D eigenvalue weighted by atomic mass is 9.82. The molecule has 1 saturated carbocycles. The molecule has 1 aromatic carbocycles. The molecular weight excluding hydrogens is 352 g/mol. The average Bonchev–Trinajstić information content (AvgIpc) is 3.52. The number of hydrogen-bond acceptors (Lipinski definition) is 4. The summed E-state index contributed by atoms with van der Waals surface area (Å²) >= 11 is 0. The van der Waals surface area contributed by atoms with Crippen LogP contribution >= 0.6 is 0 Å². The number of fused-ring (bicyclic) bond motifs is 1. The van der Waals surface area contributed by atoms with E-state index in [4.69, 9.17) is 4.42 Å². The number of aromatic hydroxyl groups is 1. The Balaban J connectivity index is 1.87. The number of benzene rings is 1. The first-order valence-corrected chi connectivity index (χ1v) is 10.6. The fourth-order valence-electron chi connectivity index (χ4n) is 4.67. The van der Waals surface area contributed by atoms with E-state index in [0.717, 1.165) is 37.7 Å². The van der Waals surface area contributed by atoms with E-state index in [9.17, 15) is 14.7 Å². The predicted molar refractivity (Wildman–Crippen MR) is 108 cm³/mol. The standard InChI is InChI=1S/C24H28O4/c1-2-19(25)17-11-7-4-8-12-18-22(26)21(24(27)28-23(17)18)20(16-13-14-16)15-9-5-3-6-10-15/h3,5-6,9-10,16-17,20,26H,2,4,7-8,11-14H2,1H3. The zero-order chi connectivity index (χ0) is 19.7. The van der Waals surface area contributed by atoms with Gasteiger partial charge in [-0.3, -0.25) is 4.79 Å². The maximum atomic E-state index is 13.1. The summed E-state index contributed by atoms with van der Waals surface area (Å²) in [6.45, 7) is 1.84. The van der Waals surface area contributed by atoms with Crippen LogP contribution in [0.5, 0.6) is 5.75 Å². The fraction of sp³-hybridized carbons (Fsp3) is 0.500. The second kappa shape index (κ2) is 7.94. The van der Waals surface area contributed by atoms with Crippen molar-refractivity contribution in [3.05, 3.63) is 63.2 Å². The van der Waals surface area contributed by atoms with Crippen molar-refractivity contribution in [3.8, 4) is 5.75 Å². The fourth-order valence-corrected chi connectivity index (χ4v) is 4.67. The molecule has 2 aromatic rings. The molecule has 4 rings (SSSR count). The molecule has 0 amide bonds. The lowest BCUT2D eigenvalue weighted by Crippen LogP contribution is -2.22. The molecule has 1 aromatic heterocycles. The molecule has 2 aliphatic carbocycles. The highest BCUT2D eigenvalue weighted by molar-refractivity contribution is 5.85. The molecule has 2 aliphatic rings. The summed E-state index contributed by atoms with van der Waals surface area (Å²) in [7, 11) is 0. The van der Waals surface area contributed by atoms with Gasteiger partial charge in [-0.25, -0.2) is 4.79 Å². The van der Waals surface area contributed by atoms with E-state index >= 15 is 0 Å². The summed E-state index contributed by atoms with van der Waals surface area (Å²) in [5, 5.41) is 11.2. The van der Waals surface area contributed by atoms with Crippen molar-refractivity contribution in [3.63, 3.8) is 0 Å². The normalized spacial score (nSPS) is 20.7. The molecule has 1 N–H and O–H groups in total. The van der Waals surface area contributed by atoms with Crippen molar-refractivity contribution in [2.45, 2.75) is 70.1 Å². The van der Waals surface area contributed by atoms with Gasteiger partial charge in [-0.05, 0) is 43.6 Å². The van der Waals surface area contributed by atoms with Crippen LogP contribution < -0.4 is 5.63 Å². The molecule has 1 fully saturated rings. The molecule has 0 spiro atoms. The first-order chi connectivity index (χ1) is 13.6. The molecule has 2 unspecified atom stereocenters. The minimum absolute atomic E-state index is 0.0720. The van der Waals surface area contributed by atoms with Gasteiger partial charge in [0, 0.05) is 17.9 Å². The van der Waals surface area contributed by atoms with E-state index in [-0.39, 0.29) is 17.5 Å². The minimum atomic E-state index is -0.480. The third kappa shape index (κ3) is 3.52. The molecule has 0 aliphatic heterocycles. The Morgan fingerprint density at radius 1 is 1.14 bits per heavy atom. The third-order valence-electron chi connectivity index (χ3n) is 6.30. The van der Waals surface area contributed by atoms with Gasteiger partial charge in [0.15, 0.2) is 0 Å². The van der Waals surface area contributed by atoms with Crippen LogP contribution in [-0.4, -0.2) is 10.9 Å². The lowest BCUT2D eigenvalue weighted by Gasteiger charge is -2.24. The van der Waals surface area contributed by atoms with Gasteiger partial charge in [0.2, 0.25) is 0 Å². The molecule has 0 radical (unpaired) electrons. The summed E-state index contributed by atoms with van der Waals surface area (Å²) in [5.74, 6) is 0.372. The molecule has 1 heterocycles. The summed E-state index contributed by atoms with van der Waals surface area (Å²) < 4.78 is 5.83. The van der Waals surface area contributed by atoms with Gasteiger partial charge in [0.1, 0.15) is 17.3 Å². The maximum Gasteiger partial charge on any atom is 0.343 e. The first-order valence-electron chi connectivity index (χ1n) is 10.6. The smallest absolute Gasteiger partial charge is 0.343 e.